The van der Waals surface area contributed by atoms with Crippen LogP contribution >= 0.6 is 0 Å². The van der Waals surface area contributed by atoms with Gasteiger partial charge in [0, 0.05) is 23.9 Å². The fourth-order valence-electron chi connectivity index (χ4n) is 1.37. The second kappa shape index (κ2) is 4.73. The maximum atomic E-state index is 11.3. The Kier molecular flexibility index (Phi) is 3.61. The fraction of sp³-hybridized carbons (Fsp3) is 0.333. The van der Waals surface area contributed by atoms with Gasteiger partial charge in [-0.1, -0.05) is 6.08 Å². The van der Waals surface area contributed by atoms with Crippen LogP contribution in [0.25, 0.3) is 0 Å². The Morgan fingerprint density at radius 3 is 2.33 bits per heavy atom. The summed E-state index contributed by atoms with van der Waals surface area (Å²) in [5, 5.41) is 2.95. The smallest absolute Gasteiger partial charge is 0.159 e. The van der Waals surface area contributed by atoms with Crippen molar-refractivity contribution in [3.05, 3.63) is 35.1 Å². The van der Waals surface area contributed by atoms with E-state index in [0.29, 0.717) is 17.6 Å². The maximum Gasteiger partial charge on any atom is 0.159 e. The van der Waals surface area contributed by atoms with E-state index in [1.165, 1.54) is 13.8 Å². The van der Waals surface area contributed by atoms with Gasteiger partial charge in [0.15, 0.2) is 11.6 Å². The average molecular weight is 205 g/mol. The van der Waals surface area contributed by atoms with Crippen molar-refractivity contribution in [3.8, 4) is 0 Å². The van der Waals surface area contributed by atoms with E-state index in [0.717, 1.165) is 5.70 Å². The van der Waals surface area contributed by atoms with Crippen molar-refractivity contribution in [1.82, 2.24) is 5.32 Å². The summed E-state index contributed by atoms with van der Waals surface area (Å²) in [6.07, 6.45) is 5.86. The molecular weight excluding hydrogens is 190 g/mol. The Morgan fingerprint density at radius 1 is 1.20 bits per heavy atom. The molecule has 1 rings (SSSR count). The first-order valence-corrected chi connectivity index (χ1v) is 4.86. The van der Waals surface area contributed by atoms with E-state index in [1.807, 2.05) is 0 Å². The highest BCUT2D eigenvalue weighted by Crippen LogP contribution is 2.16. The number of carbonyl (C=O) groups excluding carboxylic acids is 2. The second-order valence-electron chi connectivity index (χ2n) is 3.50. The van der Waals surface area contributed by atoms with Gasteiger partial charge in [-0.05, 0) is 32.4 Å². The summed E-state index contributed by atoms with van der Waals surface area (Å²) < 4.78 is 0. The molecule has 0 atom stereocenters. The summed E-state index contributed by atoms with van der Waals surface area (Å²) in [6.45, 7) is 3.06. The average Bonchev–Trinajstić information content (AvgIpc) is 2.39. The number of hydrogen-bond acceptors (Lipinski definition) is 3. The van der Waals surface area contributed by atoms with Crippen LogP contribution in [0.5, 0.6) is 0 Å². The minimum Gasteiger partial charge on any atom is -0.388 e. The second-order valence-corrected chi connectivity index (χ2v) is 3.50. The predicted octanol–water partition coefficient (Wildman–Crippen LogP) is 1.52. The van der Waals surface area contributed by atoms with Crippen LogP contribution in [-0.2, 0) is 9.59 Å². The van der Waals surface area contributed by atoms with Crippen molar-refractivity contribution >= 4 is 11.6 Å². The molecule has 0 bridgehead atoms. The SMILES string of the molecule is CNC1=CC(C(C)=O)=CCC(C(C)=O)=C1. The largest absolute Gasteiger partial charge is 0.388 e. The lowest BCUT2D eigenvalue weighted by atomic mass is 10.1. The third-order valence-electron chi connectivity index (χ3n) is 2.33. The molecule has 3 nitrogen and oxygen atoms in total. The topological polar surface area (TPSA) is 46.2 Å². The number of nitrogens with one attached hydrogen (secondary N) is 1. The van der Waals surface area contributed by atoms with E-state index in [1.54, 1.807) is 25.3 Å². The Balaban J connectivity index is 3.08. The van der Waals surface area contributed by atoms with Crippen LogP contribution in [-0.4, -0.2) is 18.6 Å². The number of rotatable bonds is 3. The van der Waals surface area contributed by atoms with Gasteiger partial charge >= 0.3 is 0 Å². The molecule has 0 radical (unpaired) electrons. The molecule has 3 heteroatoms. The van der Waals surface area contributed by atoms with E-state index in [2.05, 4.69) is 5.32 Å². The number of carbonyl (C=O) groups is 2. The van der Waals surface area contributed by atoms with Crippen LogP contribution in [0.3, 0.4) is 0 Å². The van der Waals surface area contributed by atoms with E-state index < -0.39 is 0 Å². The lowest BCUT2D eigenvalue weighted by Crippen LogP contribution is -2.06. The molecule has 1 aliphatic carbocycles. The summed E-state index contributed by atoms with van der Waals surface area (Å²) in [5.74, 6) is 0.0538. The van der Waals surface area contributed by atoms with Gasteiger partial charge < -0.3 is 5.32 Å². The van der Waals surface area contributed by atoms with Gasteiger partial charge in [0.05, 0.1) is 0 Å². The molecule has 1 N–H and O–H groups in total. The van der Waals surface area contributed by atoms with Crippen molar-refractivity contribution in [3.63, 3.8) is 0 Å². The minimum absolute atomic E-state index is 0.0148. The van der Waals surface area contributed by atoms with Crippen molar-refractivity contribution in [2.75, 3.05) is 7.05 Å². The van der Waals surface area contributed by atoms with Gasteiger partial charge in [-0.2, -0.15) is 0 Å². The standard InChI is InChI=1S/C12H15NO2/c1-8(14)10-4-5-11(9(2)15)7-12(6-10)13-3/h4,6-7,13H,5H2,1-3H3. The first-order valence-electron chi connectivity index (χ1n) is 4.86. The minimum atomic E-state index is 0.0148. The monoisotopic (exact) mass is 205 g/mol. The fourth-order valence-corrected chi connectivity index (χ4v) is 1.37. The first kappa shape index (κ1) is 11.4. The predicted molar refractivity (Wildman–Crippen MR) is 59.3 cm³/mol. The molecule has 0 aliphatic heterocycles. The normalized spacial score (nSPS) is 15.8. The van der Waals surface area contributed by atoms with Crippen molar-refractivity contribution in [2.45, 2.75) is 20.3 Å². The summed E-state index contributed by atoms with van der Waals surface area (Å²) in [6, 6.07) is 0. The lowest BCUT2D eigenvalue weighted by Gasteiger charge is -2.01. The van der Waals surface area contributed by atoms with Crippen molar-refractivity contribution in [1.29, 1.82) is 0 Å². The van der Waals surface area contributed by atoms with Gasteiger partial charge in [0.2, 0.25) is 0 Å². The third kappa shape index (κ3) is 2.91. The molecule has 0 saturated heterocycles. The lowest BCUT2D eigenvalue weighted by molar-refractivity contribution is -0.114. The maximum absolute atomic E-state index is 11.3. The van der Waals surface area contributed by atoms with Crippen LogP contribution in [0.2, 0.25) is 0 Å². The van der Waals surface area contributed by atoms with Gasteiger partial charge in [-0.25, -0.2) is 0 Å². The molecule has 15 heavy (non-hydrogen) atoms. The zero-order chi connectivity index (χ0) is 11.4. The number of allylic oxidation sites excluding steroid dienone is 5. The summed E-state index contributed by atoms with van der Waals surface area (Å²) in [4.78, 5) is 22.5. The highest BCUT2D eigenvalue weighted by molar-refractivity contribution is 5.98. The van der Waals surface area contributed by atoms with Crippen LogP contribution in [0.4, 0.5) is 0 Å². The zero-order valence-electron chi connectivity index (χ0n) is 9.26. The van der Waals surface area contributed by atoms with Crippen LogP contribution in [0.1, 0.15) is 20.3 Å². The summed E-state index contributed by atoms with van der Waals surface area (Å²) >= 11 is 0. The molecule has 0 spiro atoms. The molecular formula is C12H15NO2. The van der Waals surface area contributed by atoms with Crippen molar-refractivity contribution < 1.29 is 9.59 Å². The molecule has 0 amide bonds. The van der Waals surface area contributed by atoms with Gasteiger partial charge in [0.1, 0.15) is 0 Å². The molecule has 80 valence electrons. The highest BCUT2D eigenvalue weighted by Gasteiger charge is 2.10. The highest BCUT2D eigenvalue weighted by atomic mass is 16.1. The van der Waals surface area contributed by atoms with E-state index in [9.17, 15) is 9.59 Å². The van der Waals surface area contributed by atoms with E-state index in [-0.39, 0.29) is 11.6 Å². The Labute approximate surface area is 89.6 Å². The van der Waals surface area contributed by atoms with Crippen molar-refractivity contribution in [2.24, 2.45) is 0 Å². The molecule has 0 unspecified atom stereocenters. The molecule has 0 aromatic carbocycles. The Morgan fingerprint density at radius 2 is 1.87 bits per heavy atom. The molecule has 0 aromatic heterocycles. The molecule has 0 heterocycles. The quantitative estimate of drug-likeness (QED) is 0.760. The van der Waals surface area contributed by atoms with Gasteiger partial charge in [0.25, 0.3) is 0 Å². The third-order valence-corrected chi connectivity index (χ3v) is 2.33. The Bertz CT molecular complexity index is 386. The number of hydrogen-bond donors (Lipinski definition) is 1. The van der Waals surface area contributed by atoms with Gasteiger partial charge in [-0.3, -0.25) is 9.59 Å². The van der Waals surface area contributed by atoms with Gasteiger partial charge in [-0.15, -0.1) is 0 Å². The first-order chi connectivity index (χ1) is 7.04. The number of ketones is 2. The number of Topliss-reactive ketones (excluding diaryl/α,β-unsaturated/α-hetero) is 2. The molecule has 0 aromatic rings. The van der Waals surface area contributed by atoms with Crippen LogP contribution in [0, 0.1) is 0 Å². The Hall–Kier alpha value is -1.64. The molecule has 0 fully saturated rings. The molecule has 0 saturated carbocycles. The van der Waals surface area contributed by atoms with E-state index >= 15 is 0 Å². The van der Waals surface area contributed by atoms with E-state index in [4.69, 9.17) is 0 Å². The molecule has 1 aliphatic rings. The van der Waals surface area contributed by atoms with Crippen LogP contribution in [0.15, 0.2) is 35.1 Å². The zero-order valence-corrected chi connectivity index (χ0v) is 9.26. The van der Waals surface area contributed by atoms with Crippen LogP contribution < -0.4 is 5.32 Å². The number of likely N-dealkylation sites (N-methyl/N-ethyl adjacent to an activating group) is 1. The summed E-state index contributed by atoms with van der Waals surface area (Å²) in [7, 11) is 1.77. The summed E-state index contributed by atoms with van der Waals surface area (Å²) in [5.41, 5.74) is 2.15.